The summed E-state index contributed by atoms with van der Waals surface area (Å²) < 4.78 is 28.4. The highest BCUT2D eigenvalue weighted by molar-refractivity contribution is 6.38. The van der Waals surface area contributed by atoms with Crippen LogP contribution in [0, 0.1) is 11.6 Å². The summed E-state index contributed by atoms with van der Waals surface area (Å²) in [5.41, 5.74) is 1.21. The van der Waals surface area contributed by atoms with Gasteiger partial charge in [0, 0.05) is 28.2 Å². The van der Waals surface area contributed by atoms with Crippen LogP contribution in [0.15, 0.2) is 42.6 Å². The highest BCUT2D eigenvalue weighted by Crippen LogP contribution is 2.29. The Morgan fingerprint density at radius 1 is 1.00 bits per heavy atom. The second-order valence-electron chi connectivity index (χ2n) is 4.50. The van der Waals surface area contributed by atoms with E-state index in [0.29, 0.717) is 15.6 Å². The SMILES string of the molecule is Fc1ccc(Cn2ccc3c(Cl)cc(Cl)cc32)c(F)c1. The average molecular weight is 312 g/mol. The van der Waals surface area contributed by atoms with Crippen molar-refractivity contribution in [3.8, 4) is 0 Å². The van der Waals surface area contributed by atoms with Crippen LogP contribution >= 0.6 is 23.2 Å². The topological polar surface area (TPSA) is 4.93 Å². The molecule has 3 aromatic rings. The Kier molecular flexibility index (Phi) is 3.40. The Bertz CT molecular complexity index is 796. The van der Waals surface area contributed by atoms with E-state index in [9.17, 15) is 8.78 Å². The van der Waals surface area contributed by atoms with Crippen LogP contribution in [-0.2, 0) is 6.54 Å². The monoisotopic (exact) mass is 311 g/mol. The Balaban J connectivity index is 2.07. The highest BCUT2D eigenvalue weighted by Gasteiger charge is 2.09. The van der Waals surface area contributed by atoms with Gasteiger partial charge in [-0.05, 0) is 24.3 Å². The molecule has 0 aliphatic carbocycles. The molecule has 0 spiro atoms. The third kappa shape index (κ3) is 2.39. The van der Waals surface area contributed by atoms with E-state index in [1.165, 1.54) is 12.1 Å². The maximum absolute atomic E-state index is 13.7. The standard InChI is InChI=1S/C15H9Cl2F2N/c16-10-5-13(17)12-3-4-20(15(12)6-10)8-9-1-2-11(18)7-14(9)19/h1-7H,8H2. The fourth-order valence-electron chi connectivity index (χ4n) is 2.19. The molecule has 20 heavy (non-hydrogen) atoms. The summed E-state index contributed by atoms with van der Waals surface area (Å²) in [7, 11) is 0. The normalized spacial score (nSPS) is 11.2. The van der Waals surface area contributed by atoms with E-state index < -0.39 is 11.6 Å². The second-order valence-corrected chi connectivity index (χ2v) is 5.34. The van der Waals surface area contributed by atoms with Gasteiger partial charge in [-0.15, -0.1) is 0 Å². The Hall–Kier alpha value is -1.58. The van der Waals surface area contributed by atoms with Crippen LogP contribution < -0.4 is 0 Å². The molecule has 0 saturated carbocycles. The van der Waals surface area contributed by atoms with E-state index in [-0.39, 0.29) is 6.54 Å². The number of rotatable bonds is 2. The van der Waals surface area contributed by atoms with Crippen LogP contribution in [0.25, 0.3) is 10.9 Å². The first-order valence-corrected chi connectivity index (χ1v) is 6.68. The van der Waals surface area contributed by atoms with Crippen molar-refractivity contribution >= 4 is 34.1 Å². The molecule has 0 fully saturated rings. The summed E-state index contributed by atoms with van der Waals surface area (Å²) in [5.74, 6) is -1.16. The first-order valence-electron chi connectivity index (χ1n) is 5.92. The van der Waals surface area contributed by atoms with Crippen molar-refractivity contribution in [3.05, 3.63) is 69.8 Å². The van der Waals surface area contributed by atoms with Crippen LogP contribution in [0.4, 0.5) is 8.78 Å². The summed E-state index contributed by atoms with van der Waals surface area (Å²) >= 11 is 12.1. The molecule has 102 valence electrons. The summed E-state index contributed by atoms with van der Waals surface area (Å²) in [4.78, 5) is 0. The molecule has 0 saturated heterocycles. The van der Waals surface area contributed by atoms with E-state index in [0.717, 1.165) is 17.0 Å². The van der Waals surface area contributed by atoms with Gasteiger partial charge in [-0.3, -0.25) is 0 Å². The molecular weight excluding hydrogens is 303 g/mol. The molecular formula is C15H9Cl2F2N. The summed E-state index contributed by atoms with van der Waals surface area (Å²) in [6, 6.07) is 8.82. The molecule has 1 heterocycles. The lowest BCUT2D eigenvalue weighted by molar-refractivity contribution is 0.567. The zero-order chi connectivity index (χ0) is 14.3. The molecule has 5 heteroatoms. The minimum absolute atomic E-state index is 0.284. The lowest BCUT2D eigenvalue weighted by Crippen LogP contribution is -2.01. The molecule has 0 unspecified atom stereocenters. The third-order valence-corrected chi connectivity index (χ3v) is 3.69. The number of halogens is 4. The van der Waals surface area contributed by atoms with Gasteiger partial charge in [0.05, 0.1) is 17.1 Å². The molecule has 1 nitrogen and oxygen atoms in total. The first kappa shape index (κ1) is 13.4. The van der Waals surface area contributed by atoms with Crippen molar-refractivity contribution in [2.75, 3.05) is 0 Å². The number of fused-ring (bicyclic) bond motifs is 1. The number of hydrogen-bond acceptors (Lipinski definition) is 0. The van der Waals surface area contributed by atoms with Crippen molar-refractivity contribution < 1.29 is 8.78 Å². The van der Waals surface area contributed by atoms with E-state index in [2.05, 4.69) is 0 Å². The van der Waals surface area contributed by atoms with E-state index >= 15 is 0 Å². The van der Waals surface area contributed by atoms with Gasteiger partial charge in [0.1, 0.15) is 11.6 Å². The average Bonchev–Trinajstić information content (AvgIpc) is 2.76. The van der Waals surface area contributed by atoms with Crippen molar-refractivity contribution in [2.45, 2.75) is 6.54 Å². The van der Waals surface area contributed by atoms with Gasteiger partial charge in [0.2, 0.25) is 0 Å². The van der Waals surface area contributed by atoms with Gasteiger partial charge in [-0.25, -0.2) is 8.78 Å². The lowest BCUT2D eigenvalue weighted by Gasteiger charge is -2.08. The Morgan fingerprint density at radius 3 is 2.55 bits per heavy atom. The largest absolute Gasteiger partial charge is 0.343 e. The summed E-state index contributed by atoms with van der Waals surface area (Å²) in [5, 5.41) is 1.91. The Morgan fingerprint density at radius 2 is 1.80 bits per heavy atom. The van der Waals surface area contributed by atoms with Crippen molar-refractivity contribution in [1.82, 2.24) is 4.57 Å². The van der Waals surface area contributed by atoms with Crippen LogP contribution in [0.3, 0.4) is 0 Å². The fourth-order valence-corrected chi connectivity index (χ4v) is 2.74. The fraction of sp³-hybridized carbons (Fsp3) is 0.0667. The molecule has 0 amide bonds. The zero-order valence-electron chi connectivity index (χ0n) is 10.2. The molecule has 2 aromatic carbocycles. The van der Waals surface area contributed by atoms with E-state index in [4.69, 9.17) is 23.2 Å². The highest BCUT2D eigenvalue weighted by atomic mass is 35.5. The minimum atomic E-state index is -0.588. The van der Waals surface area contributed by atoms with Crippen LogP contribution in [0.1, 0.15) is 5.56 Å². The number of nitrogens with zero attached hydrogens (tertiary/aromatic N) is 1. The second kappa shape index (κ2) is 5.08. The quantitative estimate of drug-likeness (QED) is 0.607. The number of benzene rings is 2. The van der Waals surface area contributed by atoms with Crippen molar-refractivity contribution in [1.29, 1.82) is 0 Å². The van der Waals surface area contributed by atoms with Crippen molar-refractivity contribution in [2.24, 2.45) is 0 Å². The zero-order valence-corrected chi connectivity index (χ0v) is 11.7. The summed E-state index contributed by atoms with van der Waals surface area (Å²) in [6.07, 6.45) is 1.80. The van der Waals surface area contributed by atoms with Crippen molar-refractivity contribution in [3.63, 3.8) is 0 Å². The van der Waals surface area contributed by atoms with Crippen LogP contribution in [0.2, 0.25) is 10.0 Å². The smallest absolute Gasteiger partial charge is 0.131 e. The van der Waals surface area contributed by atoms with Gasteiger partial charge >= 0.3 is 0 Å². The van der Waals surface area contributed by atoms with Gasteiger partial charge in [-0.2, -0.15) is 0 Å². The predicted molar refractivity (Wildman–Crippen MR) is 77.4 cm³/mol. The van der Waals surface area contributed by atoms with Gasteiger partial charge in [0.25, 0.3) is 0 Å². The first-order chi connectivity index (χ1) is 9.54. The molecule has 0 radical (unpaired) electrons. The molecule has 3 rings (SSSR count). The molecule has 0 N–H and O–H groups in total. The van der Waals surface area contributed by atoms with Crippen LogP contribution in [0.5, 0.6) is 0 Å². The van der Waals surface area contributed by atoms with Gasteiger partial charge in [-0.1, -0.05) is 29.3 Å². The maximum atomic E-state index is 13.7. The molecule has 0 aliphatic rings. The maximum Gasteiger partial charge on any atom is 0.131 e. The lowest BCUT2D eigenvalue weighted by atomic mass is 10.2. The molecule has 0 aliphatic heterocycles. The number of aromatic nitrogens is 1. The molecule has 1 aromatic heterocycles. The predicted octanol–water partition coefficient (Wildman–Crippen LogP) is 5.27. The number of hydrogen-bond donors (Lipinski definition) is 0. The van der Waals surface area contributed by atoms with E-state index in [1.807, 2.05) is 10.6 Å². The van der Waals surface area contributed by atoms with Crippen LogP contribution in [-0.4, -0.2) is 4.57 Å². The molecule has 0 atom stereocenters. The van der Waals surface area contributed by atoms with E-state index in [1.54, 1.807) is 18.3 Å². The Labute approximate surface area is 124 Å². The molecule has 0 bridgehead atoms. The third-order valence-electron chi connectivity index (χ3n) is 3.16. The summed E-state index contributed by atoms with van der Waals surface area (Å²) in [6.45, 7) is 0.284. The van der Waals surface area contributed by atoms with Gasteiger partial charge in [0.15, 0.2) is 0 Å². The van der Waals surface area contributed by atoms with Gasteiger partial charge < -0.3 is 4.57 Å². The minimum Gasteiger partial charge on any atom is -0.343 e.